The minimum absolute atomic E-state index is 0.160. The van der Waals surface area contributed by atoms with Crippen molar-refractivity contribution in [3.05, 3.63) is 35.9 Å². The third kappa shape index (κ3) is 5.44. The third-order valence-corrected chi connectivity index (χ3v) is 4.60. The molecule has 0 amide bonds. The molecule has 1 N–H and O–H groups in total. The van der Waals surface area contributed by atoms with Crippen LogP contribution in [0.15, 0.2) is 30.3 Å². The van der Waals surface area contributed by atoms with Gasteiger partial charge in [-0.1, -0.05) is 57.5 Å². The summed E-state index contributed by atoms with van der Waals surface area (Å²) >= 11 is 0. The van der Waals surface area contributed by atoms with E-state index in [0.717, 1.165) is 13.1 Å². The number of nitrogens with one attached hydrogen (secondary N) is 1. The van der Waals surface area contributed by atoms with Gasteiger partial charge in [-0.15, -0.1) is 0 Å². The summed E-state index contributed by atoms with van der Waals surface area (Å²) in [5, 5.41) is 3.40. The number of benzene rings is 1. The molecule has 0 saturated heterocycles. The van der Waals surface area contributed by atoms with Crippen molar-refractivity contribution in [2.45, 2.75) is 58.4 Å². The van der Waals surface area contributed by atoms with Crippen LogP contribution in [-0.2, 0) is 5.41 Å². The maximum Gasteiger partial charge on any atom is 0.0177 e. The van der Waals surface area contributed by atoms with Crippen LogP contribution in [0.4, 0.5) is 0 Å². The van der Waals surface area contributed by atoms with Gasteiger partial charge in [0.05, 0.1) is 0 Å². The van der Waals surface area contributed by atoms with Crippen LogP contribution in [0.3, 0.4) is 0 Å². The van der Waals surface area contributed by atoms with Crippen molar-refractivity contribution in [1.82, 2.24) is 10.2 Å². The van der Waals surface area contributed by atoms with Crippen molar-refractivity contribution < 1.29 is 0 Å². The van der Waals surface area contributed by atoms with Gasteiger partial charge >= 0.3 is 0 Å². The van der Waals surface area contributed by atoms with Gasteiger partial charge in [0.15, 0.2) is 0 Å². The molecular weight excluding hydrogens is 256 g/mol. The number of unbranched alkanes of at least 4 members (excludes halogenated alkanes) is 1. The second-order valence-corrected chi connectivity index (χ2v) is 6.54. The second kappa shape index (κ2) is 9.22. The fourth-order valence-corrected chi connectivity index (χ4v) is 3.00. The number of hydrogen-bond acceptors (Lipinski definition) is 2. The van der Waals surface area contributed by atoms with Gasteiger partial charge in [-0.3, -0.25) is 4.90 Å². The molecule has 2 nitrogen and oxygen atoms in total. The molecule has 0 spiro atoms. The van der Waals surface area contributed by atoms with Crippen molar-refractivity contribution in [1.29, 1.82) is 0 Å². The second-order valence-electron chi connectivity index (χ2n) is 6.54. The maximum absolute atomic E-state index is 3.40. The SMILES string of the molecule is CCCCN(CC(C)(CNC)c1ccccc1)C(C)CC. The summed E-state index contributed by atoms with van der Waals surface area (Å²) in [6.07, 6.45) is 3.77. The minimum atomic E-state index is 0.160. The highest BCUT2D eigenvalue weighted by atomic mass is 15.2. The fraction of sp³-hybridized carbons (Fsp3) is 0.684. The molecule has 0 aliphatic rings. The van der Waals surface area contributed by atoms with Gasteiger partial charge in [0, 0.05) is 24.5 Å². The van der Waals surface area contributed by atoms with Crippen molar-refractivity contribution in [2.24, 2.45) is 0 Å². The lowest BCUT2D eigenvalue weighted by molar-refractivity contribution is 0.158. The Hall–Kier alpha value is -0.860. The zero-order valence-corrected chi connectivity index (χ0v) is 14.7. The smallest absolute Gasteiger partial charge is 0.0177 e. The van der Waals surface area contributed by atoms with Crippen molar-refractivity contribution in [3.63, 3.8) is 0 Å². The molecule has 2 unspecified atom stereocenters. The monoisotopic (exact) mass is 290 g/mol. The van der Waals surface area contributed by atoms with Gasteiger partial charge in [0.2, 0.25) is 0 Å². The number of rotatable bonds is 10. The third-order valence-electron chi connectivity index (χ3n) is 4.60. The van der Waals surface area contributed by atoms with E-state index in [2.05, 4.69) is 75.3 Å². The topological polar surface area (TPSA) is 15.3 Å². The highest BCUT2D eigenvalue weighted by Crippen LogP contribution is 2.26. The summed E-state index contributed by atoms with van der Waals surface area (Å²) in [5.74, 6) is 0. The van der Waals surface area contributed by atoms with Crippen molar-refractivity contribution in [2.75, 3.05) is 26.7 Å². The molecular formula is C19H34N2. The van der Waals surface area contributed by atoms with E-state index in [9.17, 15) is 0 Å². The van der Waals surface area contributed by atoms with E-state index >= 15 is 0 Å². The molecule has 2 heteroatoms. The predicted octanol–water partition coefficient (Wildman–Crippen LogP) is 4.06. The Morgan fingerprint density at radius 3 is 2.38 bits per heavy atom. The molecule has 0 fully saturated rings. The van der Waals surface area contributed by atoms with Gasteiger partial charge < -0.3 is 5.32 Å². The van der Waals surface area contributed by atoms with E-state index in [4.69, 9.17) is 0 Å². The highest BCUT2D eigenvalue weighted by molar-refractivity contribution is 5.25. The average molecular weight is 290 g/mol. The Bertz CT molecular complexity index is 376. The lowest BCUT2D eigenvalue weighted by atomic mass is 9.81. The zero-order valence-electron chi connectivity index (χ0n) is 14.7. The Labute approximate surface area is 131 Å². The average Bonchev–Trinajstić information content (AvgIpc) is 2.51. The first-order chi connectivity index (χ1) is 10.1. The first kappa shape index (κ1) is 18.2. The van der Waals surface area contributed by atoms with Gasteiger partial charge in [-0.05, 0) is 38.9 Å². The molecule has 0 radical (unpaired) electrons. The molecule has 2 atom stereocenters. The molecule has 0 aromatic heterocycles. The Kier molecular flexibility index (Phi) is 7.98. The van der Waals surface area contributed by atoms with Crippen molar-refractivity contribution >= 4 is 0 Å². The molecule has 0 aliphatic heterocycles. The number of hydrogen-bond donors (Lipinski definition) is 1. The van der Waals surface area contributed by atoms with E-state index in [1.165, 1.54) is 31.4 Å². The molecule has 120 valence electrons. The molecule has 0 aliphatic carbocycles. The van der Waals surface area contributed by atoms with Gasteiger partial charge in [-0.2, -0.15) is 0 Å². The first-order valence-electron chi connectivity index (χ1n) is 8.51. The van der Waals surface area contributed by atoms with E-state index in [1.54, 1.807) is 0 Å². The van der Waals surface area contributed by atoms with Crippen molar-refractivity contribution in [3.8, 4) is 0 Å². The largest absolute Gasteiger partial charge is 0.319 e. The van der Waals surface area contributed by atoms with Crippen LogP contribution in [0.25, 0.3) is 0 Å². The first-order valence-corrected chi connectivity index (χ1v) is 8.51. The molecule has 1 aromatic carbocycles. The van der Waals surface area contributed by atoms with Crippen LogP contribution in [0.2, 0.25) is 0 Å². The van der Waals surface area contributed by atoms with Crippen LogP contribution < -0.4 is 5.32 Å². The highest BCUT2D eigenvalue weighted by Gasteiger charge is 2.29. The summed E-state index contributed by atoms with van der Waals surface area (Å²) in [7, 11) is 2.06. The fourth-order valence-electron chi connectivity index (χ4n) is 3.00. The quantitative estimate of drug-likeness (QED) is 0.699. The number of likely N-dealkylation sites (N-methyl/N-ethyl adjacent to an activating group) is 1. The van der Waals surface area contributed by atoms with Crippen LogP contribution in [-0.4, -0.2) is 37.6 Å². The van der Waals surface area contributed by atoms with Gasteiger partial charge in [0.25, 0.3) is 0 Å². The molecule has 1 aromatic rings. The molecule has 0 saturated carbocycles. The number of nitrogens with zero attached hydrogens (tertiary/aromatic N) is 1. The molecule has 0 heterocycles. The van der Waals surface area contributed by atoms with E-state index in [-0.39, 0.29) is 5.41 Å². The summed E-state index contributed by atoms with van der Waals surface area (Å²) in [6, 6.07) is 11.6. The lowest BCUT2D eigenvalue weighted by Crippen LogP contribution is -2.48. The van der Waals surface area contributed by atoms with Gasteiger partial charge in [-0.25, -0.2) is 0 Å². The molecule has 1 rings (SSSR count). The molecule has 0 bridgehead atoms. The summed E-state index contributed by atoms with van der Waals surface area (Å²) in [4.78, 5) is 2.67. The normalized spacial score (nSPS) is 15.9. The summed E-state index contributed by atoms with van der Waals surface area (Å²) in [5.41, 5.74) is 1.59. The van der Waals surface area contributed by atoms with Crippen LogP contribution in [0.1, 0.15) is 52.5 Å². The lowest BCUT2D eigenvalue weighted by Gasteiger charge is -2.39. The van der Waals surface area contributed by atoms with Crippen LogP contribution >= 0.6 is 0 Å². The van der Waals surface area contributed by atoms with E-state index in [0.29, 0.717) is 6.04 Å². The van der Waals surface area contributed by atoms with Crippen LogP contribution in [0.5, 0.6) is 0 Å². The summed E-state index contributed by atoms with van der Waals surface area (Å²) in [6.45, 7) is 12.7. The maximum atomic E-state index is 3.40. The summed E-state index contributed by atoms with van der Waals surface area (Å²) < 4.78 is 0. The Morgan fingerprint density at radius 2 is 1.86 bits per heavy atom. The van der Waals surface area contributed by atoms with Crippen LogP contribution in [0, 0.1) is 0 Å². The van der Waals surface area contributed by atoms with E-state index in [1.807, 2.05) is 0 Å². The Morgan fingerprint density at radius 1 is 1.19 bits per heavy atom. The zero-order chi connectivity index (χ0) is 15.7. The van der Waals surface area contributed by atoms with Gasteiger partial charge in [0.1, 0.15) is 0 Å². The minimum Gasteiger partial charge on any atom is -0.319 e. The predicted molar refractivity (Wildman–Crippen MR) is 94.0 cm³/mol. The standard InChI is InChI=1S/C19H34N2/c1-6-8-14-21(17(3)7-2)16-19(4,15-20-5)18-12-10-9-11-13-18/h9-13,17,20H,6-8,14-16H2,1-5H3. The van der Waals surface area contributed by atoms with E-state index < -0.39 is 0 Å². The Balaban J connectivity index is 2.92. The molecule has 21 heavy (non-hydrogen) atoms.